The van der Waals surface area contributed by atoms with Crippen LogP contribution in [0.5, 0.6) is 0 Å². The van der Waals surface area contributed by atoms with E-state index in [2.05, 4.69) is 51.2 Å². The number of hydrogen-bond acceptors (Lipinski definition) is 2. The molecule has 0 atom stereocenters. The fourth-order valence-corrected chi connectivity index (χ4v) is 4.31. The molecule has 11 heavy (non-hydrogen) atoms. The Kier molecular flexibility index (Phi) is 2.86. The summed E-state index contributed by atoms with van der Waals surface area (Å²) < 4.78 is 0.450. The lowest BCUT2D eigenvalue weighted by Gasteiger charge is -2.43. The first kappa shape index (κ1) is 9.79. The maximum atomic E-state index is 2.39. The van der Waals surface area contributed by atoms with Gasteiger partial charge in [-0.25, -0.2) is 0 Å². The van der Waals surface area contributed by atoms with E-state index in [0.29, 0.717) is 9.49 Å². The summed E-state index contributed by atoms with van der Waals surface area (Å²) in [5.41, 5.74) is 0.433. The van der Waals surface area contributed by atoms with E-state index in [0.717, 1.165) is 0 Å². The van der Waals surface area contributed by atoms with Gasteiger partial charge >= 0.3 is 0 Å². The van der Waals surface area contributed by atoms with Crippen LogP contribution in [-0.4, -0.2) is 15.6 Å². The van der Waals surface area contributed by atoms with E-state index in [9.17, 15) is 0 Å². The molecule has 1 aliphatic rings. The standard InChI is InChI=1S/C9H18S2/c1-8(2,3)9(4)10-6-5-7-11-9/h5-7H2,1-4H3. The lowest BCUT2D eigenvalue weighted by molar-refractivity contribution is 0.383. The van der Waals surface area contributed by atoms with Gasteiger partial charge in [0.25, 0.3) is 0 Å². The lowest BCUT2D eigenvalue weighted by Crippen LogP contribution is -2.35. The van der Waals surface area contributed by atoms with E-state index < -0.39 is 0 Å². The molecule has 2 heteroatoms. The minimum atomic E-state index is 0.433. The van der Waals surface area contributed by atoms with Crippen LogP contribution in [0.2, 0.25) is 0 Å². The van der Waals surface area contributed by atoms with Gasteiger partial charge in [-0.15, -0.1) is 23.5 Å². The van der Waals surface area contributed by atoms with Gasteiger partial charge in [-0.3, -0.25) is 0 Å². The first-order chi connectivity index (χ1) is 4.96. The Morgan fingerprint density at radius 1 is 1.09 bits per heavy atom. The second kappa shape index (κ2) is 3.21. The summed E-state index contributed by atoms with van der Waals surface area (Å²) in [5.74, 6) is 2.70. The van der Waals surface area contributed by atoms with Crippen LogP contribution < -0.4 is 0 Å². The highest BCUT2D eigenvalue weighted by Crippen LogP contribution is 2.52. The van der Waals surface area contributed by atoms with Crippen LogP contribution in [0.25, 0.3) is 0 Å². The highest BCUT2D eigenvalue weighted by atomic mass is 32.2. The van der Waals surface area contributed by atoms with E-state index in [1.807, 2.05) is 0 Å². The topological polar surface area (TPSA) is 0 Å². The second-order valence-electron chi connectivity index (χ2n) is 4.25. The summed E-state index contributed by atoms with van der Waals surface area (Å²) in [6.45, 7) is 9.43. The van der Waals surface area contributed by atoms with Gasteiger partial charge in [0.05, 0.1) is 4.08 Å². The molecule has 1 aliphatic heterocycles. The summed E-state index contributed by atoms with van der Waals surface area (Å²) in [4.78, 5) is 0. The van der Waals surface area contributed by atoms with Crippen LogP contribution >= 0.6 is 23.5 Å². The zero-order chi connectivity index (χ0) is 8.54. The van der Waals surface area contributed by atoms with Crippen molar-refractivity contribution in [2.45, 2.75) is 38.2 Å². The Balaban J connectivity index is 2.64. The highest BCUT2D eigenvalue weighted by Gasteiger charge is 2.39. The molecule has 0 amide bonds. The Hall–Kier alpha value is 0.700. The van der Waals surface area contributed by atoms with Crippen molar-refractivity contribution in [3.63, 3.8) is 0 Å². The molecule has 0 spiro atoms. The molecule has 0 radical (unpaired) electrons. The first-order valence-electron chi connectivity index (χ1n) is 4.24. The Morgan fingerprint density at radius 2 is 1.55 bits per heavy atom. The van der Waals surface area contributed by atoms with Crippen molar-refractivity contribution in [3.8, 4) is 0 Å². The van der Waals surface area contributed by atoms with Crippen LogP contribution in [0.3, 0.4) is 0 Å². The molecule has 0 aromatic heterocycles. The van der Waals surface area contributed by atoms with E-state index >= 15 is 0 Å². The van der Waals surface area contributed by atoms with E-state index in [1.54, 1.807) is 0 Å². The average molecular weight is 190 g/mol. The lowest BCUT2D eigenvalue weighted by atomic mass is 9.92. The molecule has 1 fully saturated rings. The third-order valence-electron chi connectivity index (χ3n) is 2.41. The molecule has 1 rings (SSSR count). The molecule has 0 aromatic carbocycles. The normalized spacial score (nSPS) is 25.1. The monoisotopic (exact) mass is 190 g/mol. The van der Waals surface area contributed by atoms with Crippen molar-refractivity contribution >= 4 is 23.5 Å². The molecule has 0 nitrogen and oxygen atoms in total. The van der Waals surface area contributed by atoms with Crippen molar-refractivity contribution in [3.05, 3.63) is 0 Å². The molecule has 66 valence electrons. The van der Waals surface area contributed by atoms with Gasteiger partial charge in [0, 0.05) is 0 Å². The van der Waals surface area contributed by atoms with Crippen LogP contribution in [0.1, 0.15) is 34.1 Å². The molecule has 1 saturated heterocycles. The largest absolute Gasteiger partial charge is 0.144 e. The summed E-state index contributed by atoms with van der Waals surface area (Å²) in [6, 6.07) is 0. The molecular formula is C9H18S2. The van der Waals surface area contributed by atoms with Crippen LogP contribution in [0.15, 0.2) is 0 Å². The molecular weight excluding hydrogens is 172 g/mol. The van der Waals surface area contributed by atoms with E-state index in [4.69, 9.17) is 0 Å². The van der Waals surface area contributed by atoms with Crippen molar-refractivity contribution in [2.24, 2.45) is 5.41 Å². The Labute approximate surface area is 78.9 Å². The fraction of sp³-hybridized carbons (Fsp3) is 1.00. The van der Waals surface area contributed by atoms with Gasteiger partial charge in [0.2, 0.25) is 0 Å². The zero-order valence-corrected chi connectivity index (χ0v) is 9.57. The van der Waals surface area contributed by atoms with Gasteiger partial charge in [-0.05, 0) is 30.3 Å². The fourth-order valence-electron chi connectivity index (χ4n) is 1.07. The summed E-state index contributed by atoms with van der Waals surface area (Å²) in [5, 5.41) is 0. The van der Waals surface area contributed by atoms with E-state index in [-0.39, 0.29) is 0 Å². The number of rotatable bonds is 0. The van der Waals surface area contributed by atoms with Crippen molar-refractivity contribution in [1.29, 1.82) is 0 Å². The summed E-state index contributed by atoms with van der Waals surface area (Å²) in [6.07, 6.45) is 1.39. The maximum Gasteiger partial charge on any atom is 0.0631 e. The molecule has 0 aliphatic carbocycles. The SMILES string of the molecule is CC(C)(C)C1(C)SCCCS1. The quantitative estimate of drug-likeness (QED) is 0.572. The van der Waals surface area contributed by atoms with Crippen LogP contribution in [0, 0.1) is 5.41 Å². The molecule has 0 saturated carbocycles. The van der Waals surface area contributed by atoms with Gasteiger partial charge in [0.1, 0.15) is 0 Å². The number of thioether (sulfide) groups is 2. The predicted octanol–water partition coefficient (Wildman–Crippen LogP) is 3.62. The molecule has 0 aromatic rings. The number of hydrogen-bond donors (Lipinski definition) is 0. The van der Waals surface area contributed by atoms with E-state index in [1.165, 1.54) is 17.9 Å². The molecule has 0 N–H and O–H groups in total. The Bertz CT molecular complexity index is 129. The zero-order valence-electron chi connectivity index (χ0n) is 7.94. The molecule has 1 heterocycles. The second-order valence-corrected chi connectivity index (χ2v) is 7.53. The maximum absolute atomic E-state index is 2.39. The van der Waals surface area contributed by atoms with Crippen molar-refractivity contribution in [2.75, 3.05) is 11.5 Å². The minimum absolute atomic E-state index is 0.433. The highest BCUT2D eigenvalue weighted by molar-refractivity contribution is 8.18. The smallest absolute Gasteiger partial charge is 0.0631 e. The summed E-state index contributed by atoms with van der Waals surface area (Å²) >= 11 is 4.27. The summed E-state index contributed by atoms with van der Waals surface area (Å²) in [7, 11) is 0. The van der Waals surface area contributed by atoms with Gasteiger partial charge in [0.15, 0.2) is 0 Å². The molecule has 0 bridgehead atoms. The van der Waals surface area contributed by atoms with Gasteiger partial charge < -0.3 is 0 Å². The average Bonchev–Trinajstić information content (AvgIpc) is 1.87. The van der Waals surface area contributed by atoms with Crippen LogP contribution in [-0.2, 0) is 0 Å². The first-order valence-corrected chi connectivity index (χ1v) is 6.21. The third kappa shape index (κ3) is 2.09. The van der Waals surface area contributed by atoms with Crippen molar-refractivity contribution < 1.29 is 0 Å². The van der Waals surface area contributed by atoms with Crippen molar-refractivity contribution in [1.82, 2.24) is 0 Å². The Morgan fingerprint density at radius 3 is 1.82 bits per heavy atom. The predicted molar refractivity (Wildman–Crippen MR) is 57.4 cm³/mol. The minimum Gasteiger partial charge on any atom is -0.144 e. The van der Waals surface area contributed by atoms with Gasteiger partial charge in [-0.1, -0.05) is 20.8 Å². The molecule has 0 unspecified atom stereocenters. The third-order valence-corrected chi connectivity index (χ3v) is 6.43. The van der Waals surface area contributed by atoms with Crippen LogP contribution in [0.4, 0.5) is 0 Å². The van der Waals surface area contributed by atoms with Gasteiger partial charge in [-0.2, -0.15) is 0 Å².